The van der Waals surface area contributed by atoms with E-state index in [0.717, 1.165) is 32.0 Å². The van der Waals surface area contributed by atoms with Crippen LogP contribution >= 0.6 is 0 Å². The Morgan fingerprint density at radius 2 is 1.41 bits per heavy atom. The molecule has 0 saturated carbocycles. The number of barbiturate groups is 1. The number of carbonyl (C=O) groups is 3. The van der Waals surface area contributed by atoms with E-state index in [1.807, 2.05) is 48.5 Å². The first-order valence-corrected chi connectivity index (χ1v) is 10.0. The molecule has 1 N–H and O–H groups in total. The molecule has 1 aliphatic rings. The largest absolute Gasteiger partial charge is 0.495 e. The lowest BCUT2D eigenvalue weighted by Gasteiger charge is -2.27. The van der Waals surface area contributed by atoms with Gasteiger partial charge in [-0.1, -0.05) is 60.7 Å². The molecule has 0 atom stereocenters. The average molecular weight is 422 g/mol. The third kappa shape index (κ3) is 3.09. The molecule has 1 saturated heterocycles. The quantitative estimate of drug-likeness (QED) is 0.296. The predicted molar refractivity (Wildman–Crippen MR) is 123 cm³/mol. The molecule has 0 aromatic heterocycles. The first kappa shape index (κ1) is 19.5. The van der Waals surface area contributed by atoms with Gasteiger partial charge in [-0.15, -0.1) is 0 Å². The summed E-state index contributed by atoms with van der Waals surface area (Å²) < 4.78 is 5.31. The molecular weight excluding hydrogens is 404 g/mol. The van der Waals surface area contributed by atoms with Gasteiger partial charge in [-0.05, 0) is 51.4 Å². The zero-order chi connectivity index (χ0) is 22.2. The Morgan fingerprint density at radius 1 is 0.812 bits per heavy atom. The van der Waals surface area contributed by atoms with E-state index in [1.54, 1.807) is 30.3 Å². The SMILES string of the molecule is COc1ccccc1N1C(=O)NC(=O)/C(=C\c2c3ccccc3cc3ccccc23)C1=O. The number of methoxy groups -OCH3 is 1. The summed E-state index contributed by atoms with van der Waals surface area (Å²) in [5.41, 5.74) is 0.877. The average Bonchev–Trinajstić information content (AvgIpc) is 2.81. The molecule has 1 aliphatic heterocycles. The molecule has 0 unspecified atom stereocenters. The molecule has 0 spiro atoms. The molecule has 4 aromatic rings. The van der Waals surface area contributed by atoms with Gasteiger partial charge in [0.05, 0.1) is 12.8 Å². The summed E-state index contributed by atoms with van der Waals surface area (Å²) in [7, 11) is 1.45. The van der Waals surface area contributed by atoms with E-state index >= 15 is 0 Å². The van der Waals surface area contributed by atoms with Gasteiger partial charge in [0.2, 0.25) is 0 Å². The van der Waals surface area contributed by atoms with E-state index in [-0.39, 0.29) is 11.3 Å². The van der Waals surface area contributed by atoms with E-state index in [1.165, 1.54) is 7.11 Å². The molecule has 156 valence electrons. The van der Waals surface area contributed by atoms with Crippen LogP contribution in [0.2, 0.25) is 0 Å². The highest BCUT2D eigenvalue weighted by Gasteiger charge is 2.38. The number of ether oxygens (including phenoxy) is 1. The number of hydrogen-bond donors (Lipinski definition) is 1. The summed E-state index contributed by atoms with van der Waals surface area (Å²) in [6.45, 7) is 0. The van der Waals surface area contributed by atoms with Crippen LogP contribution < -0.4 is 15.0 Å². The molecule has 0 radical (unpaired) electrons. The number of hydrogen-bond acceptors (Lipinski definition) is 4. The summed E-state index contributed by atoms with van der Waals surface area (Å²) in [6.07, 6.45) is 1.57. The lowest BCUT2D eigenvalue weighted by Crippen LogP contribution is -2.54. The zero-order valence-corrected chi connectivity index (χ0v) is 17.2. The summed E-state index contributed by atoms with van der Waals surface area (Å²) >= 11 is 0. The number of anilines is 1. The van der Waals surface area contributed by atoms with Crippen LogP contribution in [0, 0.1) is 0 Å². The van der Waals surface area contributed by atoms with Crippen LogP contribution in [0.1, 0.15) is 5.56 Å². The van der Waals surface area contributed by atoms with Crippen LogP contribution in [-0.2, 0) is 9.59 Å². The highest BCUT2D eigenvalue weighted by Crippen LogP contribution is 2.33. The maximum Gasteiger partial charge on any atom is 0.336 e. The fourth-order valence-electron chi connectivity index (χ4n) is 4.04. The number of amides is 4. The Balaban J connectivity index is 1.73. The normalized spacial score (nSPS) is 15.5. The number of nitrogens with one attached hydrogen (secondary N) is 1. The molecule has 1 heterocycles. The zero-order valence-electron chi connectivity index (χ0n) is 17.2. The highest BCUT2D eigenvalue weighted by atomic mass is 16.5. The van der Waals surface area contributed by atoms with Gasteiger partial charge in [-0.25, -0.2) is 9.69 Å². The van der Waals surface area contributed by atoms with Crippen LogP contribution in [0.25, 0.3) is 27.6 Å². The lowest BCUT2D eigenvalue weighted by atomic mass is 9.94. The van der Waals surface area contributed by atoms with Crippen molar-refractivity contribution < 1.29 is 19.1 Å². The fraction of sp³-hybridized carbons (Fsp3) is 0.0385. The van der Waals surface area contributed by atoms with Crippen molar-refractivity contribution in [3.8, 4) is 5.75 Å². The van der Waals surface area contributed by atoms with E-state index in [9.17, 15) is 14.4 Å². The second-order valence-corrected chi connectivity index (χ2v) is 7.36. The predicted octanol–water partition coefficient (Wildman–Crippen LogP) is 4.67. The van der Waals surface area contributed by atoms with Gasteiger partial charge < -0.3 is 4.74 Å². The van der Waals surface area contributed by atoms with Crippen LogP contribution in [0.5, 0.6) is 5.75 Å². The number of imide groups is 2. The van der Waals surface area contributed by atoms with Gasteiger partial charge in [-0.2, -0.15) is 0 Å². The molecule has 0 aliphatic carbocycles. The summed E-state index contributed by atoms with van der Waals surface area (Å²) in [5.74, 6) is -1.09. The van der Waals surface area contributed by atoms with Gasteiger partial charge in [0, 0.05) is 0 Å². The Labute approximate surface area is 183 Å². The van der Waals surface area contributed by atoms with Crippen molar-refractivity contribution in [3.05, 3.63) is 90.0 Å². The smallest absolute Gasteiger partial charge is 0.336 e. The first-order chi connectivity index (χ1) is 15.6. The molecule has 6 nitrogen and oxygen atoms in total. The van der Waals surface area contributed by atoms with Crippen LogP contribution in [0.3, 0.4) is 0 Å². The molecule has 4 aromatic carbocycles. The summed E-state index contributed by atoms with van der Waals surface area (Å²) in [6, 6.07) is 23.5. The van der Waals surface area contributed by atoms with E-state index in [4.69, 9.17) is 4.74 Å². The molecule has 6 heteroatoms. The Bertz CT molecular complexity index is 1400. The molecular formula is C26H18N2O4. The number of benzene rings is 4. The second-order valence-electron chi connectivity index (χ2n) is 7.36. The third-order valence-electron chi connectivity index (χ3n) is 5.53. The van der Waals surface area contributed by atoms with Gasteiger partial charge in [-0.3, -0.25) is 14.9 Å². The summed E-state index contributed by atoms with van der Waals surface area (Å²) in [4.78, 5) is 39.7. The Morgan fingerprint density at radius 3 is 2.06 bits per heavy atom. The number of carbonyl (C=O) groups excluding carboxylic acids is 3. The van der Waals surface area contributed by atoms with Crippen molar-refractivity contribution in [2.45, 2.75) is 0 Å². The van der Waals surface area contributed by atoms with Crippen molar-refractivity contribution in [2.24, 2.45) is 0 Å². The minimum absolute atomic E-state index is 0.128. The van der Waals surface area contributed by atoms with E-state index < -0.39 is 17.8 Å². The third-order valence-corrected chi connectivity index (χ3v) is 5.53. The minimum Gasteiger partial charge on any atom is -0.495 e. The Hall–Kier alpha value is -4.45. The topological polar surface area (TPSA) is 75.7 Å². The monoisotopic (exact) mass is 422 g/mol. The number of fused-ring (bicyclic) bond motifs is 2. The van der Waals surface area contributed by atoms with E-state index in [2.05, 4.69) is 11.4 Å². The van der Waals surface area contributed by atoms with Gasteiger partial charge in [0.15, 0.2) is 0 Å². The molecule has 32 heavy (non-hydrogen) atoms. The van der Waals surface area contributed by atoms with Crippen LogP contribution in [0.15, 0.2) is 84.4 Å². The number of rotatable bonds is 3. The Kier molecular flexibility index (Phi) is 4.67. The van der Waals surface area contributed by atoms with Crippen molar-refractivity contribution in [1.82, 2.24) is 5.32 Å². The fourth-order valence-corrected chi connectivity index (χ4v) is 4.04. The first-order valence-electron chi connectivity index (χ1n) is 10.0. The second kappa shape index (κ2) is 7.67. The molecule has 0 bridgehead atoms. The van der Waals surface area contributed by atoms with Crippen molar-refractivity contribution >= 4 is 51.2 Å². The van der Waals surface area contributed by atoms with Crippen molar-refractivity contribution in [3.63, 3.8) is 0 Å². The van der Waals surface area contributed by atoms with Crippen LogP contribution in [-0.4, -0.2) is 25.0 Å². The standard InChI is InChI=1S/C26H18N2O4/c1-32-23-13-7-6-12-22(23)28-25(30)21(24(29)27-26(28)31)15-20-18-10-4-2-8-16(18)14-17-9-3-5-11-19(17)20/h2-15H,1H3,(H,27,29,31)/b21-15+. The van der Waals surface area contributed by atoms with Crippen molar-refractivity contribution in [2.75, 3.05) is 12.0 Å². The van der Waals surface area contributed by atoms with E-state index in [0.29, 0.717) is 5.75 Å². The molecule has 1 fully saturated rings. The molecule has 5 rings (SSSR count). The molecule has 4 amide bonds. The lowest BCUT2D eigenvalue weighted by molar-refractivity contribution is -0.122. The maximum atomic E-state index is 13.4. The number of nitrogens with zero attached hydrogens (tertiary/aromatic N) is 1. The minimum atomic E-state index is -0.815. The summed E-state index contributed by atoms with van der Waals surface area (Å²) in [5, 5.41) is 6.06. The van der Waals surface area contributed by atoms with Gasteiger partial charge in [0.1, 0.15) is 11.3 Å². The highest BCUT2D eigenvalue weighted by molar-refractivity contribution is 6.39. The van der Waals surface area contributed by atoms with Gasteiger partial charge >= 0.3 is 6.03 Å². The number of urea groups is 1. The van der Waals surface area contributed by atoms with Crippen molar-refractivity contribution in [1.29, 1.82) is 0 Å². The van der Waals surface area contributed by atoms with Crippen LogP contribution in [0.4, 0.5) is 10.5 Å². The van der Waals surface area contributed by atoms with Gasteiger partial charge in [0.25, 0.3) is 11.8 Å². The number of para-hydroxylation sites is 2. The maximum absolute atomic E-state index is 13.4.